The SMILES string of the molecule is O=C(c1ccc(Nc2ccc(N3CCCC3)cc2)nc1)N1CCc2ccccc2C1. The number of anilines is 3. The lowest BCUT2D eigenvalue weighted by Crippen LogP contribution is -2.35. The van der Waals surface area contributed by atoms with Gasteiger partial charge in [-0.2, -0.15) is 0 Å². The Balaban J connectivity index is 1.23. The first kappa shape index (κ1) is 18.7. The molecule has 0 atom stereocenters. The fraction of sp³-hybridized carbons (Fsp3) is 0.280. The summed E-state index contributed by atoms with van der Waals surface area (Å²) in [5, 5.41) is 3.33. The molecule has 2 aliphatic heterocycles. The monoisotopic (exact) mass is 398 g/mol. The van der Waals surface area contributed by atoms with Gasteiger partial charge in [0.05, 0.1) is 5.56 Å². The molecule has 0 radical (unpaired) electrons. The molecule has 3 aromatic rings. The Morgan fingerprint density at radius 3 is 2.37 bits per heavy atom. The molecule has 2 aliphatic rings. The summed E-state index contributed by atoms with van der Waals surface area (Å²) >= 11 is 0. The van der Waals surface area contributed by atoms with Crippen LogP contribution in [-0.2, 0) is 13.0 Å². The van der Waals surface area contributed by atoms with Crippen molar-refractivity contribution in [3.05, 3.63) is 83.6 Å². The quantitative estimate of drug-likeness (QED) is 0.696. The summed E-state index contributed by atoms with van der Waals surface area (Å²) in [6.45, 7) is 3.70. The molecule has 152 valence electrons. The highest BCUT2D eigenvalue weighted by atomic mass is 16.2. The van der Waals surface area contributed by atoms with Crippen molar-refractivity contribution in [2.45, 2.75) is 25.8 Å². The normalized spacial score (nSPS) is 15.7. The standard InChI is InChI=1S/C25H26N4O/c30-25(29-16-13-19-5-1-2-6-21(19)18-29)20-7-12-24(26-17-20)27-22-8-10-23(11-9-22)28-14-3-4-15-28/h1-2,5-12,17H,3-4,13-16,18H2,(H,26,27). The summed E-state index contributed by atoms with van der Waals surface area (Å²) in [5.41, 5.74) is 5.48. The summed E-state index contributed by atoms with van der Waals surface area (Å²) < 4.78 is 0. The molecule has 5 heteroatoms. The Bertz CT molecular complexity index is 1020. The third kappa shape index (κ3) is 3.88. The Hall–Kier alpha value is -3.34. The van der Waals surface area contributed by atoms with Gasteiger partial charge < -0.3 is 15.1 Å². The topological polar surface area (TPSA) is 48.5 Å². The number of nitrogens with zero attached hydrogens (tertiary/aromatic N) is 3. The Morgan fingerprint density at radius 1 is 0.867 bits per heavy atom. The van der Waals surface area contributed by atoms with Gasteiger partial charge in [0.15, 0.2) is 0 Å². The highest BCUT2D eigenvalue weighted by Crippen LogP contribution is 2.24. The molecule has 3 heterocycles. The Kier molecular flexibility index (Phi) is 5.10. The fourth-order valence-corrected chi connectivity index (χ4v) is 4.32. The third-order valence-corrected chi connectivity index (χ3v) is 6.04. The molecule has 1 fully saturated rings. The first-order chi connectivity index (χ1) is 14.8. The van der Waals surface area contributed by atoms with E-state index in [1.807, 2.05) is 23.1 Å². The van der Waals surface area contributed by atoms with Crippen molar-refractivity contribution in [3.8, 4) is 0 Å². The van der Waals surface area contributed by atoms with Crippen LogP contribution in [0.2, 0.25) is 0 Å². The number of nitrogens with one attached hydrogen (secondary N) is 1. The number of aromatic nitrogens is 1. The molecule has 5 rings (SSSR count). The molecule has 1 saturated heterocycles. The highest BCUT2D eigenvalue weighted by Gasteiger charge is 2.21. The van der Waals surface area contributed by atoms with Gasteiger partial charge in [0, 0.05) is 43.8 Å². The van der Waals surface area contributed by atoms with E-state index >= 15 is 0 Å². The fourth-order valence-electron chi connectivity index (χ4n) is 4.32. The van der Waals surface area contributed by atoms with Crippen LogP contribution in [0.15, 0.2) is 66.9 Å². The molecular formula is C25H26N4O. The van der Waals surface area contributed by atoms with Gasteiger partial charge >= 0.3 is 0 Å². The molecule has 1 aromatic heterocycles. The maximum atomic E-state index is 12.9. The van der Waals surface area contributed by atoms with Crippen LogP contribution >= 0.6 is 0 Å². The van der Waals surface area contributed by atoms with E-state index in [1.54, 1.807) is 6.20 Å². The zero-order valence-electron chi connectivity index (χ0n) is 17.1. The average molecular weight is 399 g/mol. The summed E-state index contributed by atoms with van der Waals surface area (Å²) in [7, 11) is 0. The highest BCUT2D eigenvalue weighted by molar-refractivity contribution is 5.94. The lowest BCUT2D eigenvalue weighted by molar-refractivity contribution is 0.0734. The minimum atomic E-state index is 0.0403. The number of carbonyl (C=O) groups excluding carboxylic acids is 1. The lowest BCUT2D eigenvalue weighted by Gasteiger charge is -2.28. The maximum Gasteiger partial charge on any atom is 0.255 e. The molecule has 30 heavy (non-hydrogen) atoms. The lowest BCUT2D eigenvalue weighted by atomic mass is 9.99. The van der Waals surface area contributed by atoms with Gasteiger partial charge in [0.1, 0.15) is 5.82 Å². The molecule has 0 bridgehead atoms. The number of pyridine rings is 1. The summed E-state index contributed by atoms with van der Waals surface area (Å²) in [4.78, 5) is 21.7. The molecule has 1 amide bonds. The van der Waals surface area contributed by atoms with E-state index in [1.165, 1.54) is 29.7 Å². The molecule has 0 spiro atoms. The van der Waals surface area contributed by atoms with Crippen molar-refractivity contribution in [1.82, 2.24) is 9.88 Å². The van der Waals surface area contributed by atoms with Crippen LogP contribution in [0.25, 0.3) is 0 Å². The smallest absolute Gasteiger partial charge is 0.255 e. The van der Waals surface area contributed by atoms with Gasteiger partial charge in [-0.05, 0) is 66.8 Å². The number of benzene rings is 2. The second kappa shape index (κ2) is 8.19. The van der Waals surface area contributed by atoms with Crippen LogP contribution in [0.5, 0.6) is 0 Å². The summed E-state index contributed by atoms with van der Waals surface area (Å²) in [5.74, 6) is 0.781. The predicted molar refractivity (Wildman–Crippen MR) is 120 cm³/mol. The number of amides is 1. The first-order valence-corrected chi connectivity index (χ1v) is 10.7. The Morgan fingerprint density at radius 2 is 1.63 bits per heavy atom. The largest absolute Gasteiger partial charge is 0.372 e. The van der Waals surface area contributed by atoms with Crippen LogP contribution in [0.3, 0.4) is 0 Å². The van der Waals surface area contributed by atoms with Crippen molar-refractivity contribution >= 4 is 23.1 Å². The average Bonchev–Trinajstić information content (AvgIpc) is 3.34. The van der Waals surface area contributed by atoms with Gasteiger partial charge in [-0.25, -0.2) is 4.98 Å². The number of fused-ring (bicyclic) bond motifs is 1. The summed E-state index contributed by atoms with van der Waals surface area (Å²) in [6, 6.07) is 20.6. The molecule has 0 aliphatic carbocycles. The molecule has 0 saturated carbocycles. The maximum absolute atomic E-state index is 12.9. The van der Waals surface area contributed by atoms with Gasteiger partial charge in [-0.3, -0.25) is 4.79 Å². The number of carbonyl (C=O) groups is 1. The van der Waals surface area contributed by atoms with Crippen LogP contribution in [-0.4, -0.2) is 35.4 Å². The van der Waals surface area contributed by atoms with E-state index in [9.17, 15) is 4.79 Å². The van der Waals surface area contributed by atoms with Crippen LogP contribution in [0, 0.1) is 0 Å². The number of rotatable bonds is 4. The van der Waals surface area contributed by atoms with Crippen molar-refractivity contribution < 1.29 is 4.79 Å². The van der Waals surface area contributed by atoms with Crippen molar-refractivity contribution in [2.24, 2.45) is 0 Å². The van der Waals surface area contributed by atoms with E-state index in [-0.39, 0.29) is 5.91 Å². The van der Waals surface area contributed by atoms with E-state index in [0.717, 1.165) is 37.6 Å². The van der Waals surface area contributed by atoms with Gasteiger partial charge in [-0.15, -0.1) is 0 Å². The van der Waals surface area contributed by atoms with Gasteiger partial charge in [-0.1, -0.05) is 24.3 Å². The van der Waals surface area contributed by atoms with Crippen LogP contribution in [0.4, 0.5) is 17.2 Å². The van der Waals surface area contributed by atoms with Crippen molar-refractivity contribution in [3.63, 3.8) is 0 Å². The van der Waals surface area contributed by atoms with Crippen molar-refractivity contribution in [1.29, 1.82) is 0 Å². The third-order valence-electron chi connectivity index (χ3n) is 6.04. The zero-order chi connectivity index (χ0) is 20.3. The van der Waals surface area contributed by atoms with Crippen LogP contribution < -0.4 is 10.2 Å². The first-order valence-electron chi connectivity index (χ1n) is 10.7. The van der Waals surface area contributed by atoms with E-state index in [4.69, 9.17) is 0 Å². The minimum absolute atomic E-state index is 0.0403. The second-order valence-corrected chi connectivity index (χ2v) is 8.04. The van der Waals surface area contributed by atoms with Crippen molar-refractivity contribution in [2.75, 3.05) is 29.9 Å². The zero-order valence-corrected chi connectivity index (χ0v) is 17.1. The molecule has 2 aromatic carbocycles. The second-order valence-electron chi connectivity index (χ2n) is 8.04. The van der Waals surface area contributed by atoms with E-state index in [2.05, 4.69) is 57.7 Å². The predicted octanol–water partition coefficient (Wildman–Crippen LogP) is 4.62. The Labute approximate surface area is 177 Å². The van der Waals surface area contributed by atoms with Crippen LogP contribution in [0.1, 0.15) is 34.3 Å². The molecular weight excluding hydrogens is 372 g/mol. The van der Waals surface area contributed by atoms with Gasteiger partial charge in [0.2, 0.25) is 0 Å². The molecule has 1 N–H and O–H groups in total. The molecule has 5 nitrogen and oxygen atoms in total. The number of hydrogen-bond donors (Lipinski definition) is 1. The van der Waals surface area contributed by atoms with E-state index in [0.29, 0.717) is 12.1 Å². The number of hydrogen-bond acceptors (Lipinski definition) is 4. The molecule has 0 unspecified atom stereocenters. The minimum Gasteiger partial charge on any atom is -0.372 e. The van der Waals surface area contributed by atoms with E-state index < -0.39 is 0 Å². The summed E-state index contributed by atoms with van der Waals surface area (Å²) in [6.07, 6.45) is 5.13. The van der Waals surface area contributed by atoms with Gasteiger partial charge in [0.25, 0.3) is 5.91 Å².